The summed E-state index contributed by atoms with van der Waals surface area (Å²) in [4.78, 5) is 15.3. The van der Waals surface area contributed by atoms with Crippen LogP contribution in [0.4, 0.5) is 23.0 Å². The Morgan fingerprint density at radius 1 is 0.429 bits per heavy atom. The Morgan fingerprint density at radius 2 is 0.929 bits per heavy atom. The number of aromatic nitrogens is 3. The van der Waals surface area contributed by atoms with Gasteiger partial charge >= 0.3 is 0 Å². The summed E-state index contributed by atoms with van der Waals surface area (Å²) >= 11 is 0. The third kappa shape index (κ3) is 5.67. The molecule has 0 fully saturated rings. The Labute approximate surface area is 331 Å². The predicted molar refractivity (Wildman–Crippen MR) is 236 cm³/mol. The first kappa shape index (κ1) is 35.7. The zero-order valence-electron chi connectivity index (χ0n) is 33.7. The van der Waals surface area contributed by atoms with E-state index in [1.807, 2.05) is 12.4 Å². The molecule has 0 bridgehead atoms. The quantitative estimate of drug-likeness (QED) is 0.156. The van der Waals surface area contributed by atoms with Gasteiger partial charge in [0.25, 0.3) is 0 Å². The number of rotatable bonds is 8. The number of anilines is 4. The van der Waals surface area contributed by atoms with Crippen LogP contribution in [0, 0.1) is 6.17 Å². The number of nitrogens with zero attached hydrogens (tertiary/aromatic N) is 5. The van der Waals surface area contributed by atoms with Crippen molar-refractivity contribution >= 4 is 55.6 Å². The van der Waals surface area contributed by atoms with Crippen LogP contribution in [0.15, 0.2) is 134 Å². The summed E-state index contributed by atoms with van der Waals surface area (Å²) in [6, 6.07) is 44.9. The summed E-state index contributed by atoms with van der Waals surface area (Å²) in [5.74, 6) is 2.85. The number of benzene rings is 6. The standard InChI is InChI=1S/C51H50N5/c1-31(2)39-18-13-19-40(32(3)4)47(39)55-49-50(53-28-27-52-49)56(48-41(33(5)6)20-14-21-42(48)34(7)8)51(55)37-24-26-46-44(30-37)43-17-11-12-22-45(43)54(46)38-25-23-35-15-9-10-16-36(35)29-38/h9-34H,1-8H3. The van der Waals surface area contributed by atoms with Crippen LogP contribution in [0.1, 0.15) is 107 Å². The summed E-state index contributed by atoms with van der Waals surface area (Å²) in [6.07, 6.45) is 4.75. The van der Waals surface area contributed by atoms with Gasteiger partial charge in [0.2, 0.25) is 0 Å². The van der Waals surface area contributed by atoms with Gasteiger partial charge in [-0.25, -0.2) is 9.97 Å². The molecular weight excluding hydrogens is 683 g/mol. The molecule has 5 heteroatoms. The van der Waals surface area contributed by atoms with Crippen molar-refractivity contribution in [2.24, 2.45) is 0 Å². The van der Waals surface area contributed by atoms with Crippen molar-refractivity contribution < 1.29 is 0 Å². The van der Waals surface area contributed by atoms with Crippen LogP contribution >= 0.6 is 0 Å². The topological polar surface area (TPSA) is 37.2 Å². The molecule has 56 heavy (non-hydrogen) atoms. The van der Waals surface area contributed by atoms with Gasteiger partial charge in [-0.2, -0.15) is 0 Å². The second-order valence-corrected chi connectivity index (χ2v) is 16.5. The molecular formula is C51H50N5. The summed E-state index contributed by atoms with van der Waals surface area (Å²) < 4.78 is 2.42. The number of fused-ring (bicyclic) bond motifs is 5. The van der Waals surface area contributed by atoms with E-state index in [4.69, 9.17) is 9.97 Å². The molecule has 9 rings (SSSR count). The molecule has 1 aliphatic heterocycles. The first-order valence-corrected chi connectivity index (χ1v) is 20.2. The SMILES string of the molecule is CC(C)c1cccc(C(C)C)c1N1[C](c2ccc3c(c2)c2ccccc2n3-c2ccc3ccccc3c2)N(c2c(C(C)C)cccc2C(C)C)c2nccnc21. The fourth-order valence-electron chi connectivity index (χ4n) is 8.87. The Morgan fingerprint density at radius 3 is 1.48 bits per heavy atom. The van der Waals surface area contributed by atoms with Crippen molar-refractivity contribution in [2.45, 2.75) is 79.1 Å². The van der Waals surface area contributed by atoms with Gasteiger partial charge in [-0.05, 0) is 87.0 Å². The Hall–Kier alpha value is -5.94. The number of hydrogen-bond acceptors (Lipinski definition) is 4. The van der Waals surface area contributed by atoms with Gasteiger partial charge in [0, 0.05) is 34.4 Å². The maximum Gasteiger partial charge on any atom is 0.199 e. The zero-order valence-corrected chi connectivity index (χ0v) is 33.7. The van der Waals surface area contributed by atoms with Gasteiger partial charge in [-0.3, -0.25) is 9.80 Å². The average Bonchev–Trinajstić information content (AvgIpc) is 3.72. The van der Waals surface area contributed by atoms with E-state index in [2.05, 4.69) is 191 Å². The molecule has 0 spiro atoms. The molecule has 1 radical (unpaired) electrons. The van der Waals surface area contributed by atoms with E-state index in [-0.39, 0.29) is 23.7 Å². The number of para-hydroxylation sites is 3. The van der Waals surface area contributed by atoms with Crippen molar-refractivity contribution in [1.82, 2.24) is 14.5 Å². The minimum absolute atomic E-state index is 0.288. The Bertz CT molecular complexity index is 2610. The molecule has 0 unspecified atom stereocenters. The fourth-order valence-corrected chi connectivity index (χ4v) is 8.87. The van der Waals surface area contributed by atoms with Crippen LogP contribution < -0.4 is 9.80 Å². The summed E-state index contributed by atoms with van der Waals surface area (Å²) in [6.45, 7) is 18.4. The molecule has 0 aliphatic carbocycles. The van der Waals surface area contributed by atoms with Crippen LogP contribution in [0.25, 0.3) is 38.3 Å². The van der Waals surface area contributed by atoms with Gasteiger partial charge in [0.15, 0.2) is 17.8 Å². The maximum absolute atomic E-state index is 5.20. The summed E-state index contributed by atoms with van der Waals surface area (Å²) in [7, 11) is 0. The molecule has 0 amide bonds. The van der Waals surface area contributed by atoms with Crippen molar-refractivity contribution in [3.8, 4) is 5.69 Å². The van der Waals surface area contributed by atoms with Gasteiger partial charge in [0.1, 0.15) is 0 Å². The lowest BCUT2D eigenvalue weighted by Gasteiger charge is -2.36. The van der Waals surface area contributed by atoms with Crippen molar-refractivity contribution in [2.75, 3.05) is 9.80 Å². The largest absolute Gasteiger partial charge is 0.309 e. The van der Waals surface area contributed by atoms with Crippen LogP contribution in [0.2, 0.25) is 0 Å². The number of hydrogen-bond donors (Lipinski definition) is 0. The molecule has 0 saturated heterocycles. The van der Waals surface area contributed by atoms with Crippen molar-refractivity contribution in [3.63, 3.8) is 0 Å². The minimum Gasteiger partial charge on any atom is -0.309 e. The first-order valence-electron chi connectivity index (χ1n) is 20.2. The lowest BCUT2D eigenvalue weighted by Crippen LogP contribution is -2.34. The molecule has 5 nitrogen and oxygen atoms in total. The molecule has 3 heterocycles. The highest BCUT2D eigenvalue weighted by molar-refractivity contribution is 6.10. The zero-order chi connectivity index (χ0) is 38.8. The monoisotopic (exact) mass is 732 g/mol. The lowest BCUT2D eigenvalue weighted by molar-refractivity contribution is 0.805. The second kappa shape index (κ2) is 14.0. The molecule has 6 aromatic carbocycles. The van der Waals surface area contributed by atoms with Crippen LogP contribution in [0.5, 0.6) is 0 Å². The molecule has 1 aliphatic rings. The van der Waals surface area contributed by atoms with Crippen molar-refractivity contribution in [3.05, 3.63) is 168 Å². The van der Waals surface area contributed by atoms with E-state index in [1.54, 1.807) is 0 Å². The van der Waals surface area contributed by atoms with Gasteiger partial charge in [-0.15, -0.1) is 0 Å². The minimum atomic E-state index is 0.288. The van der Waals surface area contributed by atoms with E-state index in [0.717, 1.165) is 29.1 Å². The van der Waals surface area contributed by atoms with Gasteiger partial charge in [-0.1, -0.05) is 146 Å². The van der Waals surface area contributed by atoms with Crippen LogP contribution in [-0.2, 0) is 0 Å². The fraction of sp³-hybridized carbons (Fsp3) is 0.235. The van der Waals surface area contributed by atoms with E-state index < -0.39 is 0 Å². The summed E-state index contributed by atoms with van der Waals surface area (Å²) in [5, 5.41) is 4.90. The van der Waals surface area contributed by atoms with Crippen LogP contribution in [0.3, 0.4) is 0 Å². The van der Waals surface area contributed by atoms with Crippen LogP contribution in [-0.4, -0.2) is 14.5 Å². The predicted octanol–water partition coefficient (Wildman–Crippen LogP) is 14.0. The maximum atomic E-state index is 5.20. The first-order chi connectivity index (χ1) is 27.1. The molecule has 2 aromatic heterocycles. The molecule has 0 saturated carbocycles. The molecule has 0 atom stereocenters. The highest BCUT2D eigenvalue weighted by Crippen LogP contribution is 2.56. The highest BCUT2D eigenvalue weighted by Gasteiger charge is 2.46. The van der Waals surface area contributed by atoms with E-state index in [0.29, 0.717) is 0 Å². The van der Waals surface area contributed by atoms with Gasteiger partial charge in [0.05, 0.1) is 22.4 Å². The van der Waals surface area contributed by atoms with Crippen molar-refractivity contribution in [1.29, 1.82) is 0 Å². The third-order valence-corrected chi connectivity index (χ3v) is 11.6. The Kier molecular flexibility index (Phi) is 8.92. The van der Waals surface area contributed by atoms with E-state index >= 15 is 0 Å². The molecule has 8 aromatic rings. The van der Waals surface area contributed by atoms with Gasteiger partial charge < -0.3 is 4.57 Å². The third-order valence-electron chi connectivity index (χ3n) is 11.6. The average molecular weight is 733 g/mol. The van der Waals surface area contributed by atoms with E-state index in [9.17, 15) is 0 Å². The van der Waals surface area contributed by atoms with E-state index in [1.165, 1.54) is 66.2 Å². The normalized spacial score (nSPS) is 13.5. The summed E-state index contributed by atoms with van der Waals surface area (Å²) in [5.41, 5.74) is 12.2. The highest BCUT2D eigenvalue weighted by atomic mass is 15.5. The molecule has 0 N–H and O–H groups in total. The second-order valence-electron chi connectivity index (χ2n) is 16.5. The molecule has 279 valence electrons. The lowest BCUT2D eigenvalue weighted by atomic mass is 9.90. The Balaban J connectivity index is 1.37. The smallest absolute Gasteiger partial charge is 0.199 e.